The first-order valence-electron chi connectivity index (χ1n) is 7.68. The molecule has 1 N–H and O–H groups in total. The van der Waals surface area contributed by atoms with Crippen molar-refractivity contribution in [2.75, 3.05) is 13.2 Å². The van der Waals surface area contributed by atoms with E-state index in [-0.39, 0.29) is 0 Å². The van der Waals surface area contributed by atoms with Gasteiger partial charge in [0.05, 0.1) is 6.61 Å². The second-order valence-electron chi connectivity index (χ2n) is 5.12. The van der Waals surface area contributed by atoms with Crippen LogP contribution in [-0.4, -0.2) is 17.7 Å². The molecule has 0 spiro atoms. The van der Waals surface area contributed by atoms with Crippen LogP contribution in [0.3, 0.4) is 0 Å². The summed E-state index contributed by atoms with van der Waals surface area (Å²) in [6, 6.07) is 6.46. The third-order valence-electron chi connectivity index (χ3n) is 3.77. The van der Waals surface area contributed by atoms with Gasteiger partial charge in [-0.3, -0.25) is 0 Å². The van der Waals surface area contributed by atoms with Crippen LogP contribution in [-0.2, 0) is 13.1 Å². The van der Waals surface area contributed by atoms with Gasteiger partial charge >= 0.3 is 0 Å². The summed E-state index contributed by atoms with van der Waals surface area (Å²) in [4.78, 5) is 0. The van der Waals surface area contributed by atoms with Crippen molar-refractivity contribution in [2.45, 2.75) is 47.2 Å². The van der Waals surface area contributed by atoms with Gasteiger partial charge in [0.2, 0.25) is 0 Å². The van der Waals surface area contributed by atoms with Gasteiger partial charge in [-0.15, -0.1) is 0 Å². The molecule has 20 heavy (non-hydrogen) atoms. The first kappa shape index (κ1) is 14.9. The van der Waals surface area contributed by atoms with E-state index in [1.807, 2.05) is 0 Å². The molecule has 0 aliphatic carbocycles. The van der Waals surface area contributed by atoms with Gasteiger partial charge in [-0.2, -0.15) is 0 Å². The van der Waals surface area contributed by atoms with Gasteiger partial charge in [0, 0.05) is 29.7 Å². The van der Waals surface area contributed by atoms with E-state index in [0.717, 1.165) is 38.4 Å². The summed E-state index contributed by atoms with van der Waals surface area (Å²) < 4.78 is 8.16. The SMILES string of the molecule is CCCOc1ccc2c(c1)c(CNCC)c(C)n2CC. The number of benzene rings is 1. The monoisotopic (exact) mass is 274 g/mol. The lowest BCUT2D eigenvalue weighted by molar-refractivity contribution is 0.318. The molecule has 3 nitrogen and oxygen atoms in total. The van der Waals surface area contributed by atoms with Crippen molar-refractivity contribution in [2.24, 2.45) is 0 Å². The fraction of sp³-hybridized carbons (Fsp3) is 0.529. The number of fused-ring (bicyclic) bond motifs is 1. The summed E-state index contributed by atoms with van der Waals surface area (Å²) in [5, 5.41) is 4.76. The van der Waals surface area contributed by atoms with Crippen molar-refractivity contribution in [3.8, 4) is 5.75 Å². The second-order valence-corrected chi connectivity index (χ2v) is 5.12. The standard InChI is InChI=1S/C17H26N2O/c1-5-10-20-14-8-9-17-15(11-14)16(12-18-6-2)13(4)19(17)7-3/h8-9,11,18H,5-7,10,12H2,1-4H3. The first-order valence-corrected chi connectivity index (χ1v) is 7.68. The predicted octanol–water partition coefficient (Wildman–Crippen LogP) is 3.87. The average Bonchev–Trinajstić information content (AvgIpc) is 2.73. The largest absolute Gasteiger partial charge is 0.494 e. The Morgan fingerprint density at radius 3 is 2.65 bits per heavy atom. The van der Waals surface area contributed by atoms with Crippen LogP contribution < -0.4 is 10.1 Å². The molecule has 1 heterocycles. The van der Waals surface area contributed by atoms with Crippen molar-refractivity contribution < 1.29 is 4.74 Å². The van der Waals surface area contributed by atoms with Crippen LogP contribution in [0.25, 0.3) is 10.9 Å². The van der Waals surface area contributed by atoms with Crippen molar-refractivity contribution in [1.82, 2.24) is 9.88 Å². The summed E-state index contributed by atoms with van der Waals surface area (Å²) in [6.07, 6.45) is 1.04. The Morgan fingerprint density at radius 2 is 2.00 bits per heavy atom. The maximum Gasteiger partial charge on any atom is 0.120 e. The molecule has 0 fully saturated rings. The highest BCUT2D eigenvalue weighted by atomic mass is 16.5. The summed E-state index contributed by atoms with van der Waals surface area (Å²) in [5.41, 5.74) is 4.06. The molecular formula is C17H26N2O. The Kier molecular flexibility index (Phi) is 5.07. The lowest BCUT2D eigenvalue weighted by Gasteiger charge is -2.06. The van der Waals surface area contributed by atoms with E-state index < -0.39 is 0 Å². The zero-order chi connectivity index (χ0) is 14.5. The molecule has 0 radical (unpaired) electrons. The topological polar surface area (TPSA) is 26.2 Å². The Bertz CT molecular complexity index is 572. The van der Waals surface area contributed by atoms with Crippen molar-refractivity contribution in [3.63, 3.8) is 0 Å². The highest BCUT2D eigenvalue weighted by Crippen LogP contribution is 2.29. The number of hydrogen-bond acceptors (Lipinski definition) is 2. The molecule has 0 aliphatic rings. The molecule has 0 atom stereocenters. The molecule has 2 aromatic rings. The molecule has 0 unspecified atom stereocenters. The number of nitrogens with zero attached hydrogens (tertiary/aromatic N) is 1. The van der Waals surface area contributed by atoms with Crippen LogP contribution in [0, 0.1) is 6.92 Å². The van der Waals surface area contributed by atoms with Crippen LogP contribution in [0.2, 0.25) is 0 Å². The maximum atomic E-state index is 5.78. The van der Waals surface area contributed by atoms with Gasteiger partial charge in [-0.25, -0.2) is 0 Å². The van der Waals surface area contributed by atoms with Gasteiger partial charge in [-0.05, 0) is 50.6 Å². The Balaban J connectivity index is 2.47. The number of rotatable bonds is 7. The number of aryl methyl sites for hydroxylation is 1. The lowest BCUT2D eigenvalue weighted by Crippen LogP contribution is -2.12. The van der Waals surface area contributed by atoms with E-state index in [1.54, 1.807) is 0 Å². The molecule has 0 aliphatic heterocycles. The van der Waals surface area contributed by atoms with Gasteiger partial charge in [-0.1, -0.05) is 13.8 Å². The van der Waals surface area contributed by atoms with E-state index in [9.17, 15) is 0 Å². The highest BCUT2D eigenvalue weighted by Gasteiger charge is 2.13. The molecule has 0 bridgehead atoms. The lowest BCUT2D eigenvalue weighted by atomic mass is 10.1. The van der Waals surface area contributed by atoms with Gasteiger partial charge in [0.1, 0.15) is 5.75 Å². The van der Waals surface area contributed by atoms with E-state index in [2.05, 4.69) is 55.8 Å². The minimum Gasteiger partial charge on any atom is -0.494 e. The van der Waals surface area contributed by atoms with Crippen molar-refractivity contribution in [1.29, 1.82) is 0 Å². The minimum absolute atomic E-state index is 0.779. The Morgan fingerprint density at radius 1 is 1.20 bits per heavy atom. The van der Waals surface area contributed by atoms with Crippen molar-refractivity contribution in [3.05, 3.63) is 29.5 Å². The van der Waals surface area contributed by atoms with Crippen LogP contribution >= 0.6 is 0 Å². The zero-order valence-corrected chi connectivity index (χ0v) is 13.1. The zero-order valence-electron chi connectivity index (χ0n) is 13.1. The molecule has 2 rings (SSSR count). The number of aromatic nitrogens is 1. The Hall–Kier alpha value is -1.48. The van der Waals surface area contributed by atoms with Gasteiger partial charge in [0.25, 0.3) is 0 Å². The molecule has 0 saturated heterocycles. The summed E-state index contributed by atoms with van der Waals surface area (Å²) >= 11 is 0. The first-order chi connectivity index (χ1) is 9.72. The molecule has 110 valence electrons. The summed E-state index contributed by atoms with van der Waals surface area (Å²) in [5.74, 6) is 0.977. The molecule has 0 saturated carbocycles. The van der Waals surface area contributed by atoms with E-state index in [0.29, 0.717) is 0 Å². The highest BCUT2D eigenvalue weighted by molar-refractivity contribution is 5.87. The van der Waals surface area contributed by atoms with Gasteiger partial charge in [0.15, 0.2) is 0 Å². The van der Waals surface area contributed by atoms with Gasteiger partial charge < -0.3 is 14.6 Å². The fourth-order valence-electron chi connectivity index (χ4n) is 2.72. The number of nitrogens with one attached hydrogen (secondary N) is 1. The molecule has 3 heteroatoms. The van der Waals surface area contributed by atoms with Crippen molar-refractivity contribution >= 4 is 10.9 Å². The Labute approximate surface area is 121 Å². The molecular weight excluding hydrogens is 248 g/mol. The second kappa shape index (κ2) is 6.80. The number of ether oxygens (including phenoxy) is 1. The van der Waals surface area contributed by atoms with Crippen LogP contribution in [0.15, 0.2) is 18.2 Å². The van der Waals surface area contributed by atoms with E-state index in [1.165, 1.54) is 22.2 Å². The average molecular weight is 274 g/mol. The summed E-state index contributed by atoms with van der Waals surface area (Å²) in [7, 11) is 0. The maximum absolute atomic E-state index is 5.78. The van der Waals surface area contributed by atoms with E-state index in [4.69, 9.17) is 4.74 Å². The van der Waals surface area contributed by atoms with E-state index >= 15 is 0 Å². The normalized spacial score (nSPS) is 11.2. The quantitative estimate of drug-likeness (QED) is 0.829. The predicted molar refractivity (Wildman–Crippen MR) is 85.5 cm³/mol. The number of hydrogen-bond donors (Lipinski definition) is 1. The smallest absolute Gasteiger partial charge is 0.120 e. The molecule has 1 aromatic heterocycles. The van der Waals surface area contributed by atoms with Crippen LogP contribution in [0.1, 0.15) is 38.4 Å². The molecule has 1 aromatic carbocycles. The fourth-order valence-corrected chi connectivity index (χ4v) is 2.72. The third-order valence-corrected chi connectivity index (χ3v) is 3.77. The summed E-state index contributed by atoms with van der Waals surface area (Å²) in [6.45, 7) is 12.4. The van der Waals surface area contributed by atoms with Crippen LogP contribution in [0.5, 0.6) is 5.75 Å². The minimum atomic E-state index is 0.779. The molecule has 0 amide bonds. The third kappa shape index (κ3) is 2.83. The van der Waals surface area contributed by atoms with Crippen LogP contribution in [0.4, 0.5) is 0 Å².